The Morgan fingerprint density at radius 3 is 2.81 bits per heavy atom. The zero-order valence-electron chi connectivity index (χ0n) is 8.59. The highest BCUT2D eigenvalue weighted by Gasteiger charge is 2.20. The lowest BCUT2D eigenvalue weighted by Gasteiger charge is -2.08. The molecule has 0 saturated heterocycles. The monoisotopic (exact) mass is 285 g/mol. The van der Waals surface area contributed by atoms with Crippen LogP contribution in [0.1, 0.15) is 28.4 Å². The summed E-state index contributed by atoms with van der Waals surface area (Å²) in [5.74, 6) is -1.39. The quantitative estimate of drug-likeness (QED) is 0.634. The van der Waals surface area contributed by atoms with Gasteiger partial charge in [0.05, 0.1) is 12.2 Å². The van der Waals surface area contributed by atoms with Crippen molar-refractivity contribution in [3.05, 3.63) is 34.6 Å². The number of nitriles is 1. The molecule has 0 spiro atoms. The fraction of sp³-hybridized carbons (Fsp3) is 0.273. The first-order valence-electron chi connectivity index (χ1n) is 4.60. The van der Waals surface area contributed by atoms with E-state index in [1.54, 1.807) is 13.0 Å². The van der Waals surface area contributed by atoms with Crippen LogP contribution in [0.4, 0.5) is 4.39 Å². The van der Waals surface area contributed by atoms with Gasteiger partial charge in [0.1, 0.15) is 17.4 Å². The molecule has 84 valence electrons. The Morgan fingerprint density at radius 1 is 1.62 bits per heavy atom. The first-order valence-corrected chi connectivity index (χ1v) is 5.72. The van der Waals surface area contributed by atoms with Gasteiger partial charge >= 0.3 is 5.97 Å². The molecule has 0 radical (unpaired) electrons. The molecule has 3 nitrogen and oxygen atoms in total. The standard InChI is InChI=1S/C11H9BrFNO2/c1-2-16-11(15)10-7(5-12)3-4-9(13)8(10)6-14/h3-4H,2,5H2,1H3. The molecule has 0 saturated carbocycles. The largest absolute Gasteiger partial charge is 0.462 e. The number of benzene rings is 1. The second-order valence-corrected chi connectivity index (χ2v) is 3.48. The van der Waals surface area contributed by atoms with Gasteiger partial charge in [-0.25, -0.2) is 9.18 Å². The Labute approximate surface area is 101 Å². The molecule has 1 rings (SSSR count). The lowest BCUT2D eigenvalue weighted by molar-refractivity contribution is 0.0524. The van der Waals surface area contributed by atoms with Crippen molar-refractivity contribution in [1.29, 1.82) is 5.26 Å². The highest BCUT2D eigenvalue weighted by atomic mass is 79.9. The molecule has 0 fully saturated rings. The van der Waals surface area contributed by atoms with E-state index in [1.807, 2.05) is 0 Å². The molecule has 1 aromatic carbocycles. The summed E-state index contributed by atoms with van der Waals surface area (Å²) < 4.78 is 18.1. The Balaban J connectivity index is 3.37. The maximum atomic E-state index is 13.3. The normalized spacial score (nSPS) is 9.62. The second kappa shape index (κ2) is 5.61. The van der Waals surface area contributed by atoms with Crippen molar-refractivity contribution in [2.45, 2.75) is 12.3 Å². The van der Waals surface area contributed by atoms with Crippen molar-refractivity contribution in [3.63, 3.8) is 0 Å². The number of carbonyl (C=O) groups excluding carboxylic acids is 1. The Bertz CT molecular complexity index is 454. The third kappa shape index (κ3) is 2.39. The average Bonchev–Trinajstić information content (AvgIpc) is 2.28. The SMILES string of the molecule is CCOC(=O)c1c(CBr)ccc(F)c1C#N. The van der Waals surface area contributed by atoms with Crippen molar-refractivity contribution in [3.8, 4) is 6.07 Å². The fourth-order valence-electron chi connectivity index (χ4n) is 1.28. The Morgan fingerprint density at radius 2 is 2.31 bits per heavy atom. The van der Waals surface area contributed by atoms with Gasteiger partial charge in [0.15, 0.2) is 0 Å². The van der Waals surface area contributed by atoms with E-state index < -0.39 is 11.8 Å². The van der Waals surface area contributed by atoms with Crippen molar-refractivity contribution in [2.75, 3.05) is 6.61 Å². The van der Waals surface area contributed by atoms with E-state index in [0.29, 0.717) is 10.9 Å². The van der Waals surface area contributed by atoms with Crippen molar-refractivity contribution < 1.29 is 13.9 Å². The first-order chi connectivity index (χ1) is 7.65. The van der Waals surface area contributed by atoms with Crippen LogP contribution in [0.25, 0.3) is 0 Å². The van der Waals surface area contributed by atoms with E-state index in [4.69, 9.17) is 10.00 Å². The van der Waals surface area contributed by atoms with Crippen LogP contribution >= 0.6 is 15.9 Å². The van der Waals surface area contributed by atoms with E-state index in [9.17, 15) is 9.18 Å². The predicted octanol–water partition coefficient (Wildman–Crippen LogP) is 2.77. The molecule has 0 atom stereocenters. The molecule has 0 aliphatic carbocycles. The number of alkyl halides is 1. The molecular formula is C11H9BrFNO2. The van der Waals surface area contributed by atoms with Crippen LogP contribution in [0, 0.1) is 17.1 Å². The minimum Gasteiger partial charge on any atom is -0.462 e. The number of hydrogen-bond acceptors (Lipinski definition) is 3. The minimum atomic E-state index is -0.713. The number of rotatable bonds is 3. The van der Waals surface area contributed by atoms with E-state index in [0.717, 1.165) is 6.07 Å². The highest BCUT2D eigenvalue weighted by Crippen LogP contribution is 2.21. The summed E-state index contributed by atoms with van der Waals surface area (Å²) in [6.45, 7) is 1.83. The lowest BCUT2D eigenvalue weighted by atomic mass is 10.0. The molecule has 0 bridgehead atoms. The average molecular weight is 286 g/mol. The van der Waals surface area contributed by atoms with Crippen LogP contribution in [0.2, 0.25) is 0 Å². The van der Waals surface area contributed by atoms with Crippen LogP contribution in [-0.4, -0.2) is 12.6 Å². The van der Waals surface area contributed by atoms with Crippen molar-refractivity contribution in [1.82, 2.24) is 0 Å². The smallest absolute Gasteiger partial charge is 0.339 e. The third-order valence-corrected chi connectivity index (χ3v) is 2.58. The van der Waals surface area contributed by atoms with Gasteiger partial charge in [0.25, 0.3) is 0 Å². The molecule has 0 aromatic heterocycles. The molecule has 1 aromatic rings. The minimum absolute atomic E-state index is 0.00113. The van der Waals surface area contributed by atoms with Crippen LogP contribution in [0.15, 0.2) is 12.1 Å². The summed E-state index contributed by atoms with van der Waals surface area (Å²) in [4.78, 5) is 11.6. The highest BCUT2D eigenvalue weighted by molar-refractivity contribution is 9.08. The van der Waals surface area contributed by atoms with Gasteiger partial charge in [-0.3, -0.25) is 0 Å². The van der Waals surface area contributed by atoms with Crippen LogP contribution in [-0.2, 0) is 10.1 Å². The van der Waals surface area contributed by atoms with Gasteiger partial charge in [-0.1, -0.05) is 22.0 Å². The maximum Gasteiger partial charge on any atom is 0.339 e. The van der Waals surface area contributed by atoms with Crippen molar-refractivity contribution in [2.24, 2.45) is 0 Å². The number of nitrogens with zero attached hydrogens (tertiary/aromatic N) is 1. The summed E-state index contributed by atoms with van der Waals surface area (Å²) in [5.41, 5.74) is 0.271. The van der Waals surface area contributed by atoms with Crippen LogP contribution in [0.5, 0.6) is 0 Å². The Hall–Kier alpha value is -1.41. The number of esters is 1. The van der Waals surface area contributed by atoms with Gasteiger partial charge in [0.2, 0.25) is 0 Å². The molecule has 0 amide bonds. The summed E-state index contributed by atoms with van der Waals surface area (Å²) in [6.07, 6.45) is 0. The molecule has 16 heavy (non-hydrogen) atoms. The zero-order valence-corrected chi connectivity index (χ0v) is 10.2. The molecule has 0 aliphatic heterocycles. The zero-order chi connectivity index (χ0) is 12.1. The van der Waals surface area contributed by atoms with E-state index in [2.05, 4.69) is 15.9 Å². The number of carbonyl (C=O) groups is 1. The summed E-state index contributed by atoms with van der Waals surface area (Å²) in [5, 5.41) is 9.18. The number of hydrogen-bond donors (Lipinski definition) is 0. The molecule has 5 heteroatoms. The summed E-state index contributed by atoms with van der Waals surface area (Å²) in [6, 6.07) is 4.30. The van der Waals surface area contributed by atoms with Crippen molar-refractivity contribution >= 4 is 21.9 Å². The lowest BCUT2D eigenvalue weighted by Crippen LogP contribution is -2.11. The van der Waals surface area contributed by atoms with Crippen LogP contribution < -0.4 is 0 Å². The molecule has 0 aliphatic rings. The van der Waals surface area contributed by atoms with Gasteiger partial charge in [-0.2, -0.15) is 5.26 Å². The summed E-state index contributed by atoms with van der Waals surface area (Å²) in [7, 11) is 0. The molecular weight excluding hydrogens is 277 g/mol. The first kappa shape index (κ1) is 12.7. The third-order valence-electron chi connectivity index (χ3n) is 1.98. The van der Waals surface area contributed by atoms with E-state index >= 15 is 0 Å². The van der Waals surface area contributed by atoms with Gasteiger partial charge < -0.3 is 4.74 Å². The maximum absolute atomic E-state index is 13.3. The molecule has 0 unspecified atom stereocenters. The fourth-order valence-corrected chi connectivity index (χ4v) is 1.74. The van der Waals surface area contributed by atoms with Gasteiger partial charge in [0, 0.05) is 5.33 Å². The number of halogens is 2. The predicted molar refractivity (Wildman–Crippen MR) is 59.7 cm³/mol. The van der Waals surface area contributed by atoms with E-state index in [-0.39, 0.29) is 17.7 Å². The van der Waals surface area contributed by atoms with E-state index in [1.165, 1.54) is 6.07 Å². The van der Waals surface area contributed by atoms with Gasteiger partial charge in [-0.15, -0.1) is 0 Å². The number of ether oxygens (including phenoxy) is 1. The van der Waals surface area contributed by atoms with Gasteiger partial charge in [-0.05, 0) is 18.6 Å². The van der Waals surface area contributed by atoms with Crippen LogP contribution in [0.3, 0.4) is 0 Å². The molecule has 0 N–H and O–H groups in total. The Kier molecular flexibility index (Phi) is 4.44. The molecule has 0 heterocycles. The topological polar surface area (TPSA) is 50.1 Å². The second-order valence-electron chi connectivity index (χ2n) is 2.92. The summed E-state index contributed by atoms with van der Waals surface area (Å²) >= 11 is 3.18.